The topological polar surface area (TPSA) is 90.7 Å². The zero-order valence-corrected chi connectivity index (χ0v) is 16.2. The fourth-order valence-electron chi connectivity index (χ4n) is 4.36. The van der Waals surface area contributed by atoms with Crippen LogP contribution in [0.1, 0.15) is 40.6 Å². The molecule has 0 spiro atoms. The summed E-state index contributed by atoms with van der Waals surface area (Å²) in [5, 5.41) is 17.0. The highest BCUT2D eigenvalue weighted by Crippen LogP contribution is 2.44. The van der Waals surface area contributed by atoms with Crippen LogP contribution in [0.3, 0.4) is 0 Å². The van der Waals surface area contributed by atoms with E-state index in [0.29, 0.717) is 18.1 Å². The Morgan fingerprint density at radius 1 is 1.18 bits per heavy atom. The Morgan fingerprint density at radius 2 is 1.93 bits per heavy atom. The Labute approximate surface area is 167 Å². The molecule has 1 aromatic carbocycles. The van der Waals surface area contributed by atoms with Crippen molar-refractivity contribution in [3.05, 3.63) is 51.9 Å². The summed E-state index contributed by atoms with van der Waals surface area (Å²) in [6.07, 6.45) is 6.37. The number of hydrogen-bond acceptors (Lipinski definition) is 5. The van der Waals surface area contributed by atoms with Gasteiger partial charge in [0.25, 0.3) is 0 Å². The van der Waals surface area contributed by atoms with Crippen molar-refractivity contribution in [2.24, 2.45) is 0 Å². The van der Waals surface area contributed by atoms with Crippen molar-refractivity contribution in [3.8, 4) is 11.3 Å². The maximum Gasteiger partial charge on any atom is 0.328 e. The molecule has 2 aromatic rings. The molecule has 0 unspecified atom stereocenters. The van der Waals surface area contributed by atoms with E-state index in [1.54, 1.807) is 0 Å². The molecule has 2 fully saturated rings. The molecular formula is C21H22N2O4S. The predicted molar refractivity (Wildman–Crippen MR) is 107 cm³/mol. The second-order valence-corrected chi connectivity index (χ2v) is 8.51. The fraction of sp³-hybridized carbons (Fsp3) is 0.381. The van der Waals surface area contributed by atoms with Gasteiger partial charge < -0.3 is 10.2 Å². The van der Waals surface area contributed by atoms with Crippen molar-refractivity contribution in [2.45, 2.75) is 37.6 Å². The molecule has 1 aromatic heterocycles. The molecule has 2 atom stereocenters. The van der Waals surface area contributed by atoms with Gasteiger partial charge in [-0.25, -0.2) is 14.6 Å². The Hall–Kier alpha value is -2.51. The van der Waals surface area contributed by atoms with Gasteiger partial charge in [0, 0.05) is 47.5 Å². The lowest BCUT2D eigenvalue weighted by molar-refractivity contribution is -0.134. The minimum atomic E-state index is -1.26. The number of nitrogens with zero attached hydrogens (tertiary/aromatic N) is 2. The lowest BCUT2D eigenvalue weighted by Gasteiger charge is -2.12. The van der Waals surface area contributed by atoms with E-state index in [9.17, 15) is 9.59 Å². The van der Waals surface area contributed by atoms with Gasteiger partial charge in [-0.1, -0.05) is 24.3 Å². The number of benzene rings is 1. The van der Waals surface area contributed by atoms with Crippen LogP contribution in [0.5, 0.6) is 0 Å². The summed E-state index contributed by atoms with van der Waals surface area (Å²) >= 11 is 1.98. The molecule has 0 amide bonds. The highest BCUT2D eigenvalue weighted by molar-refractivity contribution is 7.12. The zero-order valence-electron chi connectivity index (χ0n) is 15.4. The van der Waals surface area contributed by atoms with Crippen molar-refractivity contribution in [1.29, 1.82) is 0 Å². The van der Waals surface area contributed by atoms with Gasteiger partial charge in [0.15, 0.2) is 0 Å². The zero-order chi connectivity index (χ0) is 19.7. The van der Waals surface area contributed by atoms with Crippen LogP contribution in [0.4, 0.5) is 0 Å². The first-order valence-electron chi connectivity index (χ1n) is 9.47. The molecule has 0 radical (unpaired) electrons. The van der Waals surface area contributed by atoms with Crippen molar-refractivity contribution in [2.75, 3.05) is 13.1 Å². The molecule has 3 heterocycles. The van der Waals surface area contributed by atoms with Gasteiger partial charge in [0.1, 0.15) is 0 Å². The number of fused-ring (bicyclic) bond motifs is 4. The van der Waals surface area contributed by atoms with Crippen LogP contribution >= 0.6 is 11.3 Å². The molecule has 2 aliphatic heterocycles. The van der Waals surface area contributed by atoms with Crippen LogP contribution in [-0.4, -0.2) is 51.2 Å². The molecule has 0 bridgehead atoms. The first-order valence-corrected chi connectivity index (χ1v) is 10.3. The summed E-state index contributed by atoms with van der Waals surface area (Å²) < 4.78 is 0. The van der Waals surface area contributed by atoms with Crippen LogP contribution in [-0.2, 0) is 16.0 Å². The molecule has 1 aliphatic carbocycles. The fourth-order valence-corrected chi connectivity index (χ4v) is 5.57. The van der Waals surface area contributed by atoms with E-state index >= 15 is 0 Å². The summed E-state index contributed by atoms with van der Waals surface area (Å²) in [6, 6.07) is 9.61. The Kier molecular flexibility index (Phi) is 5.28. The maximum atomic E-state index is 9.55. The number of rotatable bonds is 3. The number of aromatic nitrogens is 1. The standard InChI is InChI=1S/C17H18N2S.C4H4O4/c1-2-6-14-11(4-1)9-15-16(14)18-17(20-15)12-8-13-5-3-7-19(13)10-12;5-3(6)1-2-4(7)8/h1-2,4,6,12-13H,3,5,7-10H2;1-2H,(H,5,6)(H,7,8)/b;2-1+/t12-,13-;/m1./s1. The molecule has 5 rings (SSSR count). The largest absolute Gasteiger partial charge is 0.478 e. The summed E-state index contributed by atoms with van der Waals surface area (Å²) in [4.78, 5) is 28.3. The molecule has 146 valence electrons. The Bertz CT molecular complexity index is 908. The number of aliphatic carboxylic acids is 2. The summed E-state index contributed by atoms with van der Waals surface area (Å²) in [5.41, 5.74) is 4.12. The normalized spacial score (nSPS) is 22.4. The third-order valence-corrected chi connectivity index (χ3v) is 6.78. The monoisotopic (exact) mass is 398 g/mol. The van der Waals surface area contributed by atoms with E-state index in [1.807, 2.05) is 11.3 Å². The van der Waals surface area contributed by atoms with Gasteiger partial charge in [-0.05, 0) is 31.4 Å². The average molecular weight is 398 g/mol. The maximum absolute atomic E-state index is 9.55. The first-order chi connectivity index (χ1) is 13.5. The molecule has 0 saturated carbocycles. The third kappa shape index (κ3) is 3.86. The highest BCUT2D eigenvalue weighted by Gasteiger charge is 2.38. The minimum Gasteiger partial charge on any atom is -0.478 e. The minimum absolute atomic E-state index is 0.558. The van der Waals surface area contributed by atoms with E-state index in [1.165, 1.54) is 59.1 Å². The van der Waals surface area contributed by atoms with Crippen LogP contribution < -0.4 is 0 Å². The average Bonchev–Trinajstić information content (AvgIpc) is 3.38. The van der Waals surface area contributed by atoms with Crippen LogP contribution in [0.25, 0.3) is 11.3 Å². The lowest BCUT2D eigenvalue weighted by Crippen LogP contribution is -2.22. The van der Waals surface area contributed by atoms with Crippen molar-refractivity contribution in [3.63, 3.8) is 0 Å². The second-order valence-electron chi connectivity index (χ2n) is 7.39. The molecule has 7 heteroatoms. The van der Waals surface area contributed by atoms with Crippen molar-refractivity contribution < 1.29 is 19.8 Å². The number of carbonyl (C=O) groups is 2. The van der Waals surface area contributed by atoms with Crippen LogP contribution in [0.15, 0.2) is 36.4 Å². The molecule has 28 heavy (non-hydrogen) atoms. The number of hydrogen-bond donors (Lipinski definition) is 2. The molecule has 2 N–H and O–H groups in total. The smallest absolute Gasteiger partial charge is 0.328 e. The Balaban J connectivity index is 0.000000208. The SMILES string of the molecule is O=C(O)/C=C/C(=O)O.c1ccc2c(c1)Cc1sc([C@@H]3C[C@H]4CCCN4C3)nc1-2. The molecular weight excluding hydrogens is 376 g/mol. The predicted octanol–water partition coefficient (Wildman–Crippen LogP) is 3.38. The van der Waals surface area contributed by atoms with Crippen LogP contribution in [0, 0.1) is 0 Å². The summed E-state index contributed by atoms with van der Waals surface area (Å²) in [6.45, 7) is 2.56. The summed E-state index contributed by atoms with van der Waals surface area (Å²) in [5.74, 6) is -1.82. The molecule has 3 aliphatic rings. The number of thiazole rings is 1. The van der Waals surface area contributed by atoms with E-state index in [-0.39, 0.29) is 0 Å². The van der Waals surface area contributed by atoms with Gasteiger partial charge in [-0.15, -0.1) is 11.3 Å². The summed E-state index contributed by atoms with van der Waals surface area (Å²) in [7, 11) is 0. The quantitative estimate of drug-likeness (QED) is 0.658. The van der Waals surface area contributed by atoms with E-state index < -0.39 is 11.9 Å². The number of carboxylic acids is 2. The second kappa shape index (κ2) is 7.85. The van der Waals surface area contributed by atoms with Gasteiger partial charge >= 0.3 is 11.9 Å². The van der Waals surface area contributed by atoms with E-state index in [4.69, 9.17) is 15.2 Å². The van der Waals surface area contributed by atoms with E-state index in [2.05, 4.69) is 29.2 Å². The van der Waals surface area contributed by atoms with Gasteiger partial charge in [-0.3, -0.25) is 4.90 Å². The molecule has 2 saturated heterocycles. The van der Waals surface area contributed by atoms with Crippen molar-refractivity contribution >= 4 is 23.3 Å². The first kappa shape index (κ1) is 18.8. The van der Waals surface area contributed by atoms with Gasteiger partial charge in [0.2, 0.25) is 0 Å². The third-order valence-electron chi connectivity index (χ3n) is 5.57. The van der Waals surface area contributed by atoms with Gasteiger partial charge in [-0.2, -0.15) is 0 Å². The number of carboxylic acid groups (broad SMARTS) is 2. The highest BCUT2D eigenvalue weighted by atomic mass is 32.1. The Morgan fingerprint density at radius 3 is 2.64 bits per heavy atom. The van der Waals surface area contributed by atoms with Gasteiger partial charge in [0.05, 0.1) is 10.7 Å². The van der Waals surface area contributed by atoms with Crippen molar-refractivity contribution in [1.82, 2.24) is 9.88 Å². The van der Waals surface area contributed by atoms with E-state index in [0.717, 1.165) is 12.5 Å². The van der Waals surface area contributed by atoms with Crippen LogP contribution in [0.2, 0.25) is 0 Å². The lowest BCUT2D eigenvalue weighted by atomic mass is 10.0. The molecule has 6 nitrogen and oxygen atoms in total.